The van der Waals surface area contributed by atoms with Crippen LogP contribution in [0.1, 0.15) is 45.2 Å². The number of ketones is 1. The van der Waals surface area contributed by atoms with Gasteiger partial charge in [-0.05, 0) is 23.1 Å². The number of aliphatic hydroxyl groups is 1. The Morgan fingerprint density at radius 2 is 1.87 bits per heavy atom. The molecule has 5 heteroatoms. The number of rotatable bonds is 4. The van der Waals surface area contributed by atoms with Gasteiger partial charge in [0, 0.05) is 19.8 Å². The molecule has 0 radical (unpaired) electrons. The molecule has 0 heterocycles. The first-order valence-corrected chi connectivity index (χ1v) is 7.60. The molecular formula is C18H23NO4. The summed E-state index contributed by atoms with van der Waals surface area (Å²) in [5.74, 6) is 0.350. The Labute approximate surface area is 136 Å². The van der Waals surface area contributed by atoms with E-state index in [4.69, 9.17) is 4.74 Å². The molecule has 1 atom stereocenters. The van der Waals surface area contributed by atoms with Crippen LogP contribution < -0.4 is 10.1 Å². The highest BCUT2D eigenvalue weighted by molar-refractivity contribution is 5.99. The second-order valence-corrected chi connectivity index (χ2v) is 6.71. The number of benzene rings is 1. The fourth-order valence-corrected chi connectivity index (χ4v) is 2.95. The Kier molecular flexibility index (Phi) is 4.78. The number of carbonyl (C=O) groups is 2. The zero-order valence-corrected chi connectivity index (χ0v) is 14.0. The molecule has 0 aliphatic heterocycles. The van der Waals surface area contributed by atoms with Crippen LogP contribution in [0.2, 0.25) is 0 Å². The molecule has 1 unspecified atom stereocenters. The average molecular weight is 317 g/mol. The lowest BCUT2D eigenvalue weighted by atomic mass is 9.74. The summed E-state index contributed by atoms with van der Waals surface area (Å²) in [6, 6.07) is 6.44. The average Bonchev–Trinajstić information content (AvgIpc) is 2.44. The zero-order chi connectivity index (χ0) is 17.2. The lowest BCUT2D eigenvalue weighted by Gasteiger charge is -2.32. The van der Waals surface area contributed by atoms with Crippen molar-refractivity contribution in [2.45, 2.75) is 39.7 Å². The van der Waals surface area contributed by atoms with Crippen molar-refractivity contribution in [3.63, 3.8) is 0 Å². The van der Waals surface area contributed by atoms with Gasteiger partial charge in [0.2, 0.25) is 5.91 Å². The van der Waals surface area contributed by atoms with Gasteiger partial charge in [0.15, 0.2) is 5.78 Å². The van der Waals surface area contributed by atoms with Crippen molar-refractivity contribution in [2.24, 2.45) is 5.41 Å². The summed E-state index contributed by atoms with van der Waals surface area (Å²) in [5, 5.41) is 13.2. The highest BCUT2D eigenvalue weighted by Crippen LogP contribution is 2.40. The van der Waals surface area contributed by atoms with Crippen molar-refractivity contribution in [2.75, 3.05) is 7.11 Å². The molecule has 0 spiro atoms. The summed E-state index contributed by atoms with van der Waals surface area (Å²) in [7, 11) is 1.57. The number of methoxy groups -OCH3 is 1. The molecule has 1 aromatic carbocycles. The topological polar surface area (TPSA) is 75.6 Å². The molecule has 1 amide bonds. The molecule has 1 aliphatic rings. The minimum Gasteiger partial charge on any atom is -0.512 e. The first kappa shape index (κ1) is 17.1. The Morgan fingerprint density at radius 3 is 2.35 bits per heavy atom. The van der Waals surface area contributed by atoms with Crippen molar-refractivity contribution >= 4 is 11.7 Å². The summed E-state index contributed by atoms with van der Waals surface area (Å²) < 4.78 is 5.13. The van der Waals surface area contributed by atoms with Crippen LogP contribution in [0.4, 0.5) is 0 Å². The van der Waals surface area contributed by atoms with Crippen molar-refractivity contribution < 1.29 is 19.4 Å². The van der Waals surface area contributed by atoms with E-state index in [-0.39, 0.29) is 28.4 Å². The number of hydrogen-bond donors (Lipinski definition) is 2. The number of carbonyl (C=O) groups excluding carboxylic acids is 2. The first-order chi connectivity index (χ1) is 10.7. The summed E-state index contributed by atoms with van der Waals surface area (Å²) in [4.78, 5) is 24.1. The zero-order valence-electron chi connectivity index (χ0n) is 14.0. The van der Waals surface area contributed by atoms with Crippen LogP contribution >= 0.6 is 0 Å². The predicted octanol–water partition coefficient (Wildman–Crippen LogP) is 3.07. The van der Waals surface area contributed by atoms with Gasteiger partial charge >= 0.3 is 0 Å². The summed E-state index contributed by atoms with van der Waals surface area (Å²) in [6.07, 6.45) is 0.763. The fraction of sp³-hybridized carbons (Fsp3) is 0.444. The summed E-state index contributed by atoms with van der Waals surface area (Å²) in [6.45, 7) is 5.28. The van der Waals surface area contributed by atoms with Crippen LogP contribution in [0.15, 0.2) is 35.6 Å². The maximum atomic E-state index is 12.5. The van der Waals surface area contributed by atoms with Gasteiger partial charge in [-0.15, -0.1) is 0 Å². The third-order valence-electron chi connectivity index (χ3n) is 3.98. The number of hydrogen-bond acceptors (Lipinski definition) is 4. The minimum atomic E-state index is -0.651. The van der Waals surface area contributed by atoms with Crippen LogP contribution in [0, 0.1) is 5.41 Å². The summed E-state index contributed by atoms with van der Waals surface area (Å²) >= 11 is 0. The predicted molar refractivity (Wildman–Crippen MR) is 87.2 cm³/mol. The maximum absolute atomic E-state index is 12.5. The van der Waals surface area contributed by atoms with E-state index in [1.807, 2.05) is 13.8 Å². The highest BCUT2D eigenvalue weighted by Gasteiger charge is 2.37. The lowest BCUT2D eigenvalue weighted by molar-refractivity contribution is -0.120. The molecule has 0 aromatic heterocycles. The molecule has 23 heavy (non-hydrogen) atoms. The summed E-state index contributed by atoms with van der Waals surface area (Å²) in [5.41, 5.74) is 0.742. The molecule has 1 aliphatic carbocycles. The normalized spacial score (nSPS) is 18.5. The van der Waals surface area contributed by atoms with Crippen LogP contribution in [-0.4, -0.2) is 23.9 Å². The Bertz CT molecular complexity index is 643. The van der Waals surface area contributed by atoms with Crippen molar-refractivity contribution in [1.29, 1.82) is 0 Å². The molecule has 5 nitrogen and oxygen atoms in total. The number of allylic oxidation sites excluding steroid dienone is 1. The highest BCUT2D eigenvalue weighted by atomic mass is 16.5. The van der Waals surface area contributed by atoms with Crippen LogP contribution in [-0.2, 0) is 9.59 Å². The maximum Gasteiger partial charge on any atom is 0.217 e. The van der Waals surface area contributed by atoms with Gasteiger partial charge in [0.05, 0.1) is 18.7 Å². The molecule has 1 aromatic rings. The van der Waals surface area contributed by atoms with Crippen LogP contribution in [0.5, 0.6) is 5.75 Å². The number of nitrogens with one attached hydrogen (secondary N) is 1. The Hall–Kier alpha value is -2.30. The standard InChI is InChI=1S/C18H23NO4/c1-11(20)19-17(12-5-7-13(23-4)8-6-12)16-14(21)9-18(2,3)10-15(16)22/h5-8,17,21H,9-10H2,1-4H3,(H,19,20). The van der Waals surface area contributed by atoms with E-state index in [1.54, 1.807) is 31.4 Å². The fourth-order valence-electron chi connectivity index (χ4n) is 2.95. The van der Waals surface area contributed by atoms with E-state index < -0.39 is 6.04 Å². The second kappa shape index (κ2) is 6.44. The second-order valence-electron chi connectivity index (χ2n) is 6.71. The van der Waals surface area contributed by atoms with Gasteiger partial charge in [-0.3, -0.25) is 9.59 Å². The van der Waals surface area contributed by atoms with E-state index >= 15 is 0 Å². The van der Waals surface area contributed by atoms with Crippen molar-refractivity contribution in [1.82, 2.24) is 5.32 Å². The third-order valence-corrected chi connectivity index (χ3v) is 3.98. The van der Waals surface area contributed by atoms with Gasteiger partial charge < -0.3 is 15.2 Å². The molecule has 2 rings (SSSR count). The first-order valence-electron chi connectivity index (χ1n) is 7.60. The molecular weight excluding hydrogens is 294 g/mol. The van der Waals surface area contributed by atoms with Gasteiger partial charge in [-0.2, -0.15) is 0 Å². The van der Waals surface area contributed by atoms with E-state index in [1.165, 1.54) is 6.92 Å². The van der Waals surface area contributed by atoms with Gasteiger partial charge in [-0.1, -0.05) is 26.0 Å². The number of amides is 1. The third kappa shape index (κ3) is 3.92. The Morgan fingerprint density at radius 1 is 1.26 bits per heavy atom. The van der Waals surface area contributed by atoms with E-state index in [0.29, 0.717) is 18.6 Å². The number of Topliss-reactive ketones (excluding diaryl/α,β-unsaturated/α-hetero) is 1. The van der Waals surface area contributed by atoms with Gasteiger partial charge in [-0.25, -0.2) is 0 Å². The van der Waals surface area contributed by atoms with E-state index in [9.17, 15) is 14.7 Å². The molecule has 0 bridgehead atoms. The number of aliphatic hydroxyl groups excluding tert-OH is 1. The van der Waals surface area contributed by atoms with Crippen molar-refractivity contribution in [3.8, 4) is 5.75 Å². The molecule has 0 saturated carbocycles. The van der Waals surface area contributed by atoms with Gasteiger partial charge in [0.1, 0.15) is 11.5 Å². The molecule has 124 valence electrons. The van der Waals surface area contributed by atoms with Gasteiger partial charge in [0.25, 0.3) is 0 Å². The molecule has 0 saturated heterocycles. The smallest absolute Gasteiger partial charge is 0.217 e. The van der Waals surface area contributed by atoms with Crippen LogP contribution in [0.25, 0.3) is 0 Å². The minimum absolute atomic E-state index is 0.0563. The largest absolute Gasteiger partial charge is 0.512 e. The lowest BCUT2D eigenvalue weighted by Crippen LogP contribution is -2.35. The molecule has 0 fully saturated rings. The number of ether oxygens (including phenoxy) is 1. The van der Waals surface area contributed by atoms with E-state index in [0.717, 1.165) is 5.56 Å². The quantitative estimate of drug-likeness (QED) is 0.895. The van der Waals surface area contributed by atoms with E-state index in [2.05, 4.69) is 5.32 Å². The molecule has 2 N–H and O–H groups in total. The Balaban J connectivity index is 2.45. The van der Waals surface area contributed by atoms with Crippen LogP contribution in [0.3, 0.4) is 0 Å². The van der Waals surface area contributed by atoms with Crippen molar-refractivity contribution in [3.05, 3.63) is 41.2 Å². The monoisotopic (exact) mass is 317 g/mol. The SMILES string of the molecule is COc1ccc(C(NC(C)=O)C2=C(O)CC(C)(C)CC2=O)cc1.